The van der Waals surface area contributed by atoms with Gasteiger partial charge in [0.1, 0.15) is 22.0 Å². The van der Waals surface area contributed by atoms with Crippen LogP contribution in [0.5, 0.6) is 0 Å². The smallest absolute Gasteiger partial charge is 0.264 e. The maximum atomic E-state index is 13.4. The zero-order valence-electron chi connectivity index (χ0n) is 20.0. The summed E-state index contributed by atoms with van der Waals surface area (Å²) in [5.74, 6) is -0.0534. The first-order valence-corrected chi connectivity index (χ1v) is 12.5. The predicted molar refractivity (Wildman–Crippen MR) is 127 cm³/mol. The van der Waals surface area contributed by atoms with E-state index in [9.17, 15) is 22.4 Å². The number of carbonyl (C=O) groups excluding carboxylic acids is 1. The molecule has 1 aromatic carbocycles. The normalized spacial score (nSPS) is 18.9. The monoisotopic (exact) mass is 574 g/mol. The molecule has 2 N–H and O–H groups in total. The molecule has 2 heterocycles. The van der Waals surface area contributed by atoms with Gasteiger partial charge in [-0.3, -0.25) is 4.79 Å². The summed E-state index contributed by atoms with van der Waals surface area (Å²) in [6.45, 7) is 5.66. The number of ether oxygens (including phenoxy) is 2. The third-order valence-electron chi connectivity index (χ3n) is 6.47. The van der Waals surface area contributed by atoms with Crippen LogP contribution in [0.15, 0.2) is 18.2 Å². The highest BCUT2D eigenvalue weighted by Crippen LogP contribution is 2.43. The lowest BCUT2D eigenvalue weighted by molar-refractivity contribution is -0.123. The van der Waals surface area contributed by atoms with Gasteiger partial charge in [0.15, 0.2) is 6.29 Å². The van der Waals surface area contributed by atoms with Crippen LogP contribution in [0.25, 0.3) is 0 Å². The zero-order valence-corrected chi connectivity index (χ0v) is 21.5. The second kappa shape index (κ2) is 10.6. The Labute approximate surface area is 214 Å². The molecule has 2 aliphatic rings. The first kappa shape index (κ1) is 26.7. The van der Waals surface area contributed by atoms with Gasteiger partial charge in [0.05, 0.1) is 30.5 Å². The summed E-state index contributed by atoms with van der Waals surface area (Å²) in [6, 6.07) is 4.24. The maximum Gasteiger partial charge on any atom is 0.264 e. The van der Waals surface area contributed by atoms with E-state index in [1.54, 1.807) is 32.9 Å². The minimum atomic E-state index is -2.68. The van der Waals surface area contributed by atoms with Gasteiger partial charge in [0, 0.05) is 5.56 Å². The molecule has 1 aliphatic carbocycles. The lowest BCUT2D eigenvalue weighted by atomic mass is 9.97. The third-order valence-corrected chi connectivity index (χ3v) is 7.32. The lowest BCUT2D eigenvalue weighted by Crippen LogP contribution is -2.43. The van der Waals surface area contributed by atoms with Crippen molar-refractivity contribution in [3.8, 4) is 0 Å². The standard InChI is InChI=1S/C24H27BrF4N4O3/c1-11-14(5-4-6-15(11)19(26)27)12(2)30-20-16(22-35-9-10-36-22)18(31-13(3)32-20)17(25)21(34)33-24(7-8-24)23(28)29/h4-6,12,17,19,22-23H,7-10H2,1-3H3,(H,33,34)(H,30,31,32)/t12-,17?/m1/s1. The summed E-state index contributed by atoms with van der Waals surface area (Å²) < 4.78 is 65.1. The first-order chi connectivity index (χ1) is 17.0. The van der Waals surface area contributed by atoms with Crippen molar-refractivity contribution < 1.29 is 31.8 Å². The average molecular weight is 575 g/mol. The van der Waals surface area contributed by atoms with E-state index in [1.807, 2.05) is 0 Å². The Hall–Kier alpha value is -2.31. The number of halogens is 5. The molecule has 0 radical (unpaired) electrons. The number of aromatic nitrogens is 2. The number of benzene rings is 1. The number of anilines is 1. The highest BCUT2D eigenvalue weighted by molar-refractivity contribution is 9.09. The number of amides is 1. The number of hydrogen-bond acceptors (Lipinski definition) is 6. The molecule has 1 aliphatic heterocycles. The maximum absolute atomic E-state index is 13.4. The van der Waals surface area contributed by atoms with Crippen LogP contribution < -0.4 is 10.6 Å². The van der Waals surface area contributed by atoms with E-state index in [0.717, 1.165) is 0 Å². The molecule has 2 aromatic rings. The molecule has 36 heavy (non-hydrogen) atoms. The number of hydrogen-bond donors (Lipinski definition) is 2. The van der Waals surface area contributed by atoms with Crippen molar-refractivity contribution in [1.29, 1.82) is 0 Å². The summed E-state index contributed by atoms with van der Waals surface area (Å²) in [5, 5.41) is 5.68. The predicted octanol–water partition coefficient (Wildman–Crippen LogP) is 5.60. The van der Waals surface area contributed by atoms with Crippen LogP contribution >= 0.6 is 15.9 Å². The second-order valence-electron chi connectivity index (χ2n) is 9.03. The van der Waals surface area contributed by atoms with Crippen molar-refractivity contribution in [1.82, 2.24) is 15.3 Å². The van der Waals surface area contributed by atoms with Crippen LogP contribution in [0.4, 0.5) is 23.4 Å². The summed E-state index contributed by atoms with van der Waals surface area (Å²) in [4.78, 5) is 20.8. The van der Waals surface area contributed by atoms with Gasteiger partial charge in [-0.15, -0.1) is 0 Å². The molecule has 1 saturated heterocycles. The number of nitrogens with zero attached hydrogens (tertiary/aromatic N) is 2. The molecule has 2 atom stereocenters. The average Bonchev–Trinajstić information content (AvgIpc) is 3.41. The van der Waals surface area contributed by atoms with Gasteiger partial charge in [0.25, 0.3) is 12.9 Å². The molecular formula is C24H27BrF4N4O3. The highest BCUT2D eigenvalue weighted by atomic mass is 79.9. The van der Waals surface area contributed by atoms with E-state index in [4.69, 9.17) is 9.47 Å². The molecule has 196 valence electrons. The van der Waals surface area contributed by atoms with Crippen LogP contribution in [-0.4, -0.2) is 41.1 Å². The Kier molecular flexibility index (Phi) is 7.86. The summed E-state index contributed by atoms with van der Waals surface area (Å²) in [7, 11) is 0. The molecular weight excluding hydrogens is 548 g/mol. The number of aryl methyl sites for hydroxylation is 1. The minimum Gasteiger partial charge on any atom is -0.363 e. The topological polar surface area (TPSA) is 85.4 Å². The van der Waals surface area contributed by atoms with Gasteiger partial charge >= 0.3 is 0 Å². The lowest BCUT2D eigenvalue weighted by Gasteiger charge is -2.25. The molecule has 0 spiro atoms. The van der Waals surface area contributed by atoms with Crippen molar-refractivity contribution in [3.05, 3.63) is 52.0 Å². The van der Waals surface area contributed by atoms with Gasteiger partial charge in [-0.05, 0) is 44.7 Å². The van der Waals surface area contributed by atoms with Gasteiger partial charge < -0.3 is 20.1 Å². The van der Waals surface area contributed by atoms with E-state index in [1.165, 1.54) is 6.07 Å². The van der Waals surface area contributed by atoms with E-state index in [2.05, 4.69) is 36.5 Å². The minimum absolute atomic E-state index is 0.0615. The molecule has 1 unspecified atom stereocenters. The fourth-order valence-corrected chi connectivity index (χ4v) is 4.75. The molecule has 0 bridgehead atoms. The third kappa shape index (κ3) is 5.35. The Morgan fingerprint density at radius 3 is 2.33 bits per heavy atom. The van der Waals surface area contributed by atoms with Gasteiger partial charge in [-0.2, -0.15) is 0 Å². The Morgan fingerprint density at radius 1 is 1.11 bits per heavy atom. The van der Waals surface area contributed by atoms with Crippen molar-refractivity contribution >= 4 is 27.7 Å². The largest absolute Gasteiger partial charge is 0.363 e. The molecule has 4 rings (SSSR count). The zero-order chi connectivity index (χ0) is 26.2. The van der Waals surface area contributed by atoms with Gasteiger partial charge in [-0.1, -0.05) is 34.1 Å². The van der Waals surface area contributed by atoms with Crippen molar-refractivity contribution in [2.24, 2.45) is 0 Å². The van der Waals surface area contributed by atoms with E-state index >= 15 is 0 Å². The second-order valence-corrected chi connectivity index (χ2v) is 9.94. The van der Waals surface area contributed by atoms with Crippen molar-refractivity contribution in [2.45, 2.75) is 69.2 Å². The van der Waals surface area contributed by atoms with E-state index < -0.39 is 41.5 Å². The van der Waals surface area contributed by atoms with Crippen molar-refractivity contribution in [2.75, 3.05) is 18.5 Å². The van der Waals surface area contributed by atoms with Gasteiger partial charge in [0.2, 0.25) is 5.91 Å². The molecule has 1 amide bonds. The van der Waals surface area contributed by atoms with E-state index in [-0.39, 0.29) is 24.1 Å². The number of rotatable bonds is 9. The van der Waals surface area contributed by atoms with E-state index in [0.29, 0.717) is 41.5 Å². The molecule has 7 nitrogen and oxygen atoms in total. The number of alkyl halides is 5. The fraction of sp³-hybridized carbons (Fsp3) is 0.542. The molecule has 1 saturated carbocycles. The van der Waals surface area contributed by atoms with Crippen LogP contribution in [0.2, 0.25) is 0 Å². The van der Waals surface area contributed by atoms with Crippen LogP contribution in [0, 0.1) is 13.8 Å². The highest BCUT2D eigenvalue weighted by Gasteiger charge is 2.53. The van der Waals surface area contributed by atoms with Crippen LogP contribution in [-0.2, 0) is 14.3 Å². The Morgan fingerprint density at radius 2 is 1.75 bits per heavy atom. The molecule has 12 heteroatoms. The number of carbonyl (C=O) groups is 1. The fourth-order valence-electron chi connectivity index (χ4n) is 4.29. The Balaban J connectivity index is 1.70. The molecule has 2 fully saturated rings. The van der Waals surface area contributed by atoms with Crippen LogP contribution in [0.1, 0.15) is 77.1 Å². The van der Waals surface area contributed by atoms with Crippen molar-refractivity contribution in [3.63, 3.8) is 0 Å². The van der Waals surface area contributed by atoms with Crippen LogP contribution in [0.3, 0.4) is 0 Å². The summed E-state index contributed by atoms with van der Waals surface area (Å²) in [5.41, 5.74) is 0.0671. The quantitative estimate of drug-likeness (QED) is 0.299. The number of nitrogens with one attached hydrogen (secondary N) is 2. The Bertz CT molecular complexity index is 1130. The summed E-state index contributed by atoms with van der Waals surface area (Å²) >= 11 is 3.33. The SMILES string of the molecule is Cc1nc(N[C@H](C)c2cccc(C(F)F)c2C)c(C2OCCO2)c(C(Br)C(=O)NC2(C(F)F)CC2)n1. The summed E-state index contributed by atoms with van der Waals surface area (Å²) in [6.07, 6.45) is -5.80. The molecule has 1 aromatic heterocycles. The van der Waals surface area contributed by atoms with Gasteiger partial charge in [-0.25, -0.2) is 27.5 Å². The first-order valence-electron chi connectivity index (χ1n) is 11.5.